The number of anilines is 1. The van der Waals surface area contributed by atoms with Crippen molar-refractivity contribution < 1.29 is 24.5 Å². The van der Waals surface area contributed by atoms with Crippen LogP contribution in [0.2, 0.25) is 5.28 Å². The van der Waals surface area contributed by atoms with E-state index in [9.17, 15) is 19.8 Å². The SMILES string of the molecule is CCNC(=O)[C@@H]1O[C@H](n2cnc3c(NNC(=O)c4sccc4C)nc(Cl)nc32)[C@@H](O)[C@H]1O. The molecule has 3 aromatic rings. The molecule has 3 aromatic heterocycles. The second kappa shape index (κ2) is 8.96. The van der Waals surface area contributed by atoms with Gasteiger partial charge in [-0.2, -0.15) is 9.97 Å². The van der Waals surface area contributed by atoms with E-state index >= 15 is 0 Å². The summed E-state index contributed by atoms with van der Waals surface area (Å²) in [7, 11) is 0. The molecule has 1 saturated heterocycles. The largest absolute Gasteiger partial charge is 0.387 e. The molecule has 5 N–H and O–H groups in total. The predicted octanol–water partition coefficient (Wildman–Crippen LogP) is 0.362. The molecular formula is C18H20ClN7O5S. The fourth-order valence-corrected chi connectivity index (χ4v) is 4.31. The third-order valence-electron chi connectivity index (χ3n) is 4.88. The molecule has 1 aliphatic heterocycles. The summed E-state index contributed by atoms with van der Waals surface area (Å²) in [6, 6.07) is 1.83. The van der Waals surface area contributed by atoms with Crippen molar-refractivity contribution in [1.82, 2.24) is 30.3 Å². The number of aromatic nitrogens is 4. The zero-order valence-corrected chi connectivity index (χ0v) is 18.5. The Morgan fingerprint density at radius 3 is 2.78 bits per heavy atom. The van der Waals surface area contributed by atoms with Gasteiger partial charge in [0.25, 0.3) is 11.8 Å². The summed E-state index contributed by atoms with van der Waals surface area (Å²) < 4.78 is 6.95. The molecule has 0 saturated carbocycles. The monoisotopic (exact) mass is 481 g/mol. The quantitative estimate of drug-likeness (QED) is 0.247. The van der Waals surface area contributed by atoms with Crippen LogP contribution in [-0.2, 0) is 9.53 Å². The third kappa shape index (κ3) is 4.00. The summed E-state index contributed by atoms with van der Waals surface area (Å²) in [5, 5.41) is 24.9. The number of aliphatic hydroxyl groups is 2. The Morgan fingerprint density at radius 2 is 2.09 bits per heavy atom. The summed E-state index contributed by atoms with van der Waals surface area (Å²) in [6.45, 7) is 3.89. The van der Waals surface area contributed by atoms with Gasteiger partial charge in [0.2, 0.25) is 5.28 Å². The topological polar surface area (TPSA) is 164 Å². The van der Waals surface area contributed by atoms with Crippen molar-refractivity contribution in [3.05, 3.63) is 33.5 Å². The third-order valence-corrected chi connectivity index (χ3v) is 6.06. The van der Waals surface area contributed by atoms with E-state index in [0.29, 0.717) is 11.4 Å². The number of nitrogens with one attached hydrogen (secondary N) is 3. The van der Waals surface area contributed by atoms with Gasteiger partial charge in [-0.15, -0.1) is 11.3 Å². The fourth-order valence-electron chi connectivity index (χ4n) is 3.32. The average Bonchev–Trinajstić information content (AvgIpc) is 3.44. The Hall–Kier alpha value is -2.84. The van der Waals surface area contributed by atoms with Crippen LogP contribution in [-0.4, -0.2) is 66.4 Å². The number of hydrogen-bond donors (Lipinski definition) is 5. The van der Waals surface area contributed by atoms with Crippen molar-refractivity contribution in [1.29, 1.82) is 0 Å². The normalized spacial score (nSPS) is 22.8. The van der Waals surface area contributed by atoms with E-state index in [2.05, 4.69) is 31.1 Å². The first kappa shape index (κ1) is 22.4. The summed E-state index contributed by atoms with van der Waals surface area (Å²) in [5.41, 5.74) is 6.46. The molecule has 0 spiro atoms. The van der Waals surface area contributed by atoms with Gasteiger partial charge < -0.3 is 20.3 Å². The summed E-state index contributed by atoms with van der Waals surface area (Å²) in [6.07, 6.45) is -3.98. The van der Waals surface area contributed by atoms with Crippen LogP contribution in [0.1, 0.15) is 28.4 Å². The maximum absolute atomic E-state index is 12.4. The lowest BCUT2D eigenvalue weighted by atomic mass is 10.1. The molecule has 1 fully saturated rings. The number of rotatable bonds is 6. The molecule has 0 radical (unpaired) electrons. The molecule has 32 heavy (non-hydrogen) atoms. The van der Waals surface area contributed by atoms with Gasteiger partial charge in [0, 0.05) is 6.54 Å². The number of aliphatic hydroxyl groups excluding tert-OH is 2. The smallest absolute Gasteiger partial charge is 0.279 e. The van der Waals surface area contributed by atoms with Crippen LogP contribution in [0.3, 0.4) is 0 Å². The Bertz CT molecular complexity index is 1170. The van der Waals surface area contributed by atoms with Gasteiger partial charge in [-0.25, -0.2) is 4.98 Å². The second-order valence-electron chi connectivity index (χ2n) is 7.00. The van der Waals surface area contributed by atoms with Gasteiger partial charge in [-0.1, -0.05) is 0 Å². The van der Waals surface area contributed by atoms with Crippen LogP contribution < -0.4 is 16.2 Å². The van der Waals surface area contributed by atoms with Crippen molar-refractivity contribution in [2.24, 2.45) is 0 Å². The molecule has 4 atom stereocenters. The van der Waals surface area contributed by atoms with E-state index < -0.39 is 30.4 Å². The number of hydrogen-bond acceptors (Lipinski definition) is 10. The van der Waals surface area contributed by atoms with Crippen LogP contribution in [0, 0.1) is 6.92 Å². The molecule has 4 heterocycles. The van der Waals surface area contributed by atoms with Crippen LogP contribution in [0.4, 0.5) is 5.82 Å². The minimum atomic E-state index is -1.45. The molecule has 0 bridgehead atoms. The highest BCUT2D eigenvalue weighted by Gasteiger charge is 2.47. The van der Waals surface area contributed by atoms with Gasteiger partial charge in [0.1, 0.15) is 12.2 Å². The maximum Gasteiger partial charge on any atom is 0.279 e. The highest BCUT2D eigenvalue weighted by molar-refractivity contribution is 7.12. The minimum Gasteiger partial charge on any atom is -0.387 e. The second-order valence-corrected chi connectivity index (χ2v) is 8.25. The fraction of sp³-hybridized carbons (Fsp3) is 0.389. The lowest BCUT2D eigenvalue weighted by molar-refractivity contribution is -0.137. The highest BCUT2D eigenvalue weighted by atomic mass is 35.5. The van der Waals surface area contributed by atoms with Gasteiger partial charge >= 0.3 is 0 Å². The first-order valence-electron chi connectivity index (χ1n) is 9.61. The molecule has 4 rings (SSSR count). The summed E-state index contributed by atoms with van der Waals surface area (Å²) in [5.74, 6) is -0.788. The Balaban J connectivity index is 1.60. The predicted molar refractivity (Wildman–Crippen MR) is 115 cm³/mol. The Kier molecular flexibility index (Phi) is 6.26. The zero-order chi connectivity index (χ0) is 23.0. The standard InChI is InChI=1S/C18H20ClN7O5S/c1-3-20-15(29)11-9(27)10(28)17(31-11)26-6-21-8-13(22-18(19)23-14(8)26)24-25-16(30)12-7(2)4-5-32-12/h4-6,9-11,17,27-28H,3H2,1-2H3,(H,20,29)(H,25,30)(H,22,23,24)/t9-,10+,11-,17+/m1/s1. The van der Waals surface area contributed by atoms with Crippen LogP contribution in [0.25, 0.3) is 11.2 Å². The number of likely N-dealkylation sites (N-methyl/N-ethyl adjacent to an activating group) is 1. The van der Waals surface area contributed by atoms with Gasteiger partial charge in [-0.3, -0.25) is 25.0 Å². The van der Waals surface area contributed by atoms with Gasteiger partial charge in [-0.05, 0) is 42.5 Å². The van der Waals surface area contributed by atoms with Crippen molar-refractivity contribution in [2.75, 3.05) is 12.0 Å². The number of imidazole rings is 1. The number of nitrogens with zero attached hydrogens (tertiary/aromatic N) is 4. The van der Waals surface area contributed by atoms with Crippen LogP contribution in [0.5, 0.6) is 0 Å². The minimum absolute atomic E-state index is 0.120. The lowest BCUT2D eigenvalue weighted by Crippen LogP contribution is -2.42. The number of amides is 2. The highest BCUT2D eigenvalue weighted by Crippen LogP contribution is 2.33. The van der Waals surface area contributed by atoms with E-state index in [1.165, 1.54) is 22.2 Å². The maximum atomic E-state index is 12.4. The molecule has 170 valence electrons. The van der Waals surface area contributed by atoms with Crippen molar-refractivity contribution in [3.8, 4) is 0 Å². The van der Waals surface area contributed by atoms with E-state index in [4.69, 9.17) is 16.3 Å². The van der Waals surface area contributed by atoms with E-state index in [-0.39, 0.29) is 28.2 Å². The number of carbonyl (C=O) groups excluding carboxylic acids is 2. The molecule has 12 nitrogen and oxygen atoms in total. The zero-order valence-electron chi connectivity index (χ0n) is 16.9. The van der Waals surface area contributed by atoms with E-state index in [1.807, 2.05) is 13.0 Å². The molecule has 0 aliphatic carbocycles. The van der Waals surface area contributed by atoms with Crippen molar-refractivity contribution in [3.63, 3.8) is 0 Å². The molecular weight excluding hydrogens is 462 g/mol. The molecule has 0 unspecified atom stereocenters. The van der Waals surface area contributed by atoms with E-state index in [1.54, 1.807) is 12.3 Å². The Labute approximate surface area is 190 Å². The van der Waals surface area contributed by atoms with Crippen LogP contribution in [0.15, 0.2) is 17.8 Å². The van der Waals surface area contributed by atoms with Gasteiger partial charge in [0.05, 0.1) is 11.2 Å². The summed E-state index contributed by atoms with van der Waals surface area (Å²) >= 11 is 7.35. The van der Waals surface area contributed by atoms with Crippen LogP contribution >= 0.6 is 22.9 Å². The number of halogens is 1. The average molecular weight is 482 g/mol. The van der Waals surface area contributed by atoms with E-state index in [0.717, 1.165) is 5.56 Å². The first-order valence-corrected chi connectivity index (χ1v) is 10.9. The Morgan fingerprint density at radius 1 is 1.31 bits per heavy atom. The molecule has 14 heteroatoms. The number of ether oxygens (including phenoxy) is 1. The summed E-state index contributed by atoms with van der Waals surface area (Å²) in [4.78, 5) is 37.5. The number of carbonyl (C=O) groups is 2. The van der Waals surface area contributed by atoms with Crippen molar-refractivity contribution in [2.45, 2.75) is 38.4 Å². The molecule has 1 aliphatic rings. The first-order chi connectivity index (χ1) is 15.3. The number of fused-ring (bicyclic) bond motifs is 1. The molecule has 0 aromatic carbocycles. The number of thiophene rings is 1. The number of hydrazine groups is 1. The molecule has 2 amide bonds. The van der Waals surface area contributed by atoms with Crippen molar-refractivity contribution >= 4 is 51.7 Å². The lowest BCUT2D eigenvalue weighted by Gasteiger charge is -2.16. The van der Waals surface area contributed by atoms with Gasteiger partial charge in [0.15, 0.2) is 29.3 Å². The number of aryl methyl sites for hydroxylation is 1.